The van der Waals surface area contributed by atoms with Gasteiger partial charge in [-0.05, 0) is 124 Å². The molecule has 12 nitrogen and oxygen atoms in total. The van der Waals surface area contributed by atoms with Crippen molar-refractivity contribution in [1.29, 1.82) is 0 Å². The van der Waals surface area contributed by atoms with Crippen molar-refractivity contribution < 1.29 is 0 Å². The second-order valence-electron chi connectivity index (χ2n) is 26.9. The van der Waals surface area contributed by atoms with E-state index in [2.05, 4.69) is 263 Å². The van der Waals surface area contributed by atoms with Crippen molar-refractivity contribution in [3.8, 4) is 113 Å². The van der Waals surface area contributed by atoms with Gasteiger partial charge in [0.15, 0.2) is 5.82 Å². The van der Waals surface area contributed by atoms with E-state index in [0.717, 1.165) is 205 Å². The van der Waals surface area contributed by atoms with E-state index in [1.807, 2.05) is 91.3 Å². The molecule has 10 aromatic heterocycles. The molecular formula is C96H58N12. The maximum Gasteiger partial charge on any atom is 0.160 e. The third kappa shape index (κ3) is 12.1. The van der Waals surface area contributed by atoms with E-state index < -0.39 is 0 Å². The molecule has 0 saturated carbocycles. The maximum absolute atomic E-state index is 5.19. The number of hydrogen-bond acceptors (Lipinski definition) is 12. The highest BCUT2D eigenvalue weighted by Gasteiger charge is 2.17. The van der Waals surface area contributed by atoms with Crippen LogP contribution in [0, 0.1) is 0 Å². The van der Waals surface area contributed by atoms with Gasteiger partial charge in [-0.2, -0.15) is 0 Å². The Labute approximate surface area is 619 Å². The number of benzene rings is 11. The van der Waals surface area contributed by atoms with Crippen LogP contribution in [0.2, 0.25) is 0 Å². The Kier molecular flexibility index (Phi) is 15.6. The second-order valence-corrected chi connectivity index (χ2v) is 26.9. The Morgan fingerprint density at radius 2 is 0.500 bits per heavy atom. The monoisotopic (exact) mass is 1380 g/mol. The molecule has 108 heavy (non-hydrogen) atoms. The van der Waals surface area contributed by atoms with Crippen LogP contribution < -0.4 is 0 Å². The summed E-state index contributed by atoms with van der Waals surface area (Å²) < 4.78 is 0. The van der Waals surface area contributed by atoms with E-state index in [1.54, 1.807) is 18.6 Å². The molecule has 0 aliphatic carbocycles. The Bertz CT molecular complexity index is 7060. The molecule has 0 bridgehead atoms. The van der Waals surface area contributed by atoms with Crippen molar-refractivity contribution in [2.75, 3.05) is 0 Å². The minimum atomic E-state index is 0.667. The first-order valence-corrected chi connectivity index (χ1v) is 35.8. The van der Waals surface area contributed by atoms with Gasteiger partial charge in [-0.25, -0.2) is 39.9 Å². The Hall–Kier alpha value is -14.9. The molecule has 502 valence electrons. The van der Waals surface area contributed by atoms with Crippen LogP contribution in [-0.4, -0.2) is 59.8 Å². The third-order valence-electron chi connectivity index (χ3n) is 20.1. The van der Waals surface area contributed by atoms with Crippen LogP contribution in [0.4, 0.5) is 0 Å². The molecule has 21 aromatic rings. The van der Waals surface area contributed by atoms with Crippen LogP contribution in [0.1, 0.15) is 0 Å². The normalized spacial score (nSPS) is 11.5. The number of hydrogen-bond donors (Lipinski definition) is 0. The molecule has 21 rings (SSSR count). The SMILES string of the molecule is c1ccc(-c2cc(-c3ccc4ccc(-c5ccc6ccc(-c7ccc8cc(-c9ccc%10ccc%11cccnc%11c%10n9)ccc8c7)nc6c5)cc4n3)nc(-c3ccccc3)n2)cc1.c1cnc2c(c1)ccc1ccc(-c3ccc(-c4ccc5ccc(-c6ccc7ccc(-c8cnccn8)nc7c6)cc5n4)cc3)nc12. The lowest BCUT2D eigenvalue weighted by atomic mass is 9.99. The lowest BCUT2D eigenvalue weighted by Crippen LogP contribution is -1.97. The summed E-state index contributed by atoms with van der Waals surface area (Å²) in [6.45, 7) is 0. The van der Waals surface area contributed by atoms with E-state index in [0.29, 0.717) is 5.82 Å². The van der Waals surface area contributed by atoms with Crippen LogP contribution in [0.25, 0.3) is 211 Å². The lowest BCUT2D eigenvalue weighted by Gasteiger charge is -2.10. The minimum absolute atomic E-state index is 0.667. The van der Waals surface area contributed by atoms with Crippen LogP contribution in [-0.2, 0) is 0 Å². The summed E-state index contributed by atoms with van der Waals surface area (Å²) in [6.07, 6.45) is 8.73. The smallest absolute Gasteiger partial charge is 0.160 e. The summed E-state index contributed by atoms with van der Waals surface area (Å²) in [6, 6.07) is 111. The van der Waals surface area contributed by atoms with E-state index in [9.17, 15) is 0 Å². The Balaban J connectivity index is 0.000000149. The molecule has 0 fully saturated rings. The van der Waals surface area contributed by atoms with Gasteiger partial charge < -0.3 is 0 Å². The molecule has 0 aliphatic heterocycles. The average Bonchev–Trinajstić information content (AvgIpc) is 0.691. The number of pyridine rings is 8. The molecule has 11 aromatic carbocycles. The first-order chi connectivity index (χ1) is 53.4. The predicted octanol–water partition coefficient (Wildman–Crippen LogP) is 23.2. The van der Waals surface area contributed by atoms with Gasteiger partial charge in [0.1, 0.15) is 5.69 Å². The van der Waals surface area contributed by atoms with Gasteiger partial charge in [0, 0.05) is 101 Å². The summed E-state index contributed by atoms with van der Waals surface area (Å²) in [7, 11) is 0. The molecule has 12 heteroatoms. The highest BCUT2D eigenvalue weighted by molar-refractivity contribution is 6.05. The zero-order chi connectivity index (χ0) is 71.4. The van der Waals surface area contributed by atoms with Crippen LogP contribution in [0.5, 0.6) is 0 Å². The standard InChI is InChI=1S/C56H34N6.C40H24N6/c1-3-8-35(9-4-1)52-34-53(62-56(61-52)40-10-5-2-6-11-40)49-28-24-37-14-18-44(33-51(37)59-49)43-17-13-36-23-26-47(58-50(36)32-43)45-21-19-42-31-46(22-20-41(42)30-45)48-27-25-39-16-15-38-12-7-29-57-54(38)55(39)60-48;1-2-29-9-10-30-15-17-34(46-40(30)39(29)43-19-1)26-5-3-25(4-6-26)33-16-13-27-7-11-31(22-36(27)44-33)32-12-8-28-14-18-35(45-37(28)23-32)38-24-41-20-21-42-38/h1-34H;1-24H. The number of rotatable bonds is 10. The van der Waals surface area contributed by atoms with Crippen LogP contribution >= 0.6 is 0 Å². The Morgan fingerprint density at radius 3 is 0.972 bits per heavy atom. The van der Waals surface area contributed by atoms with E-state index in [4.69, 9.17) is 39.9 Å². The van der Waals surface area contributed by atoms with Gasteiger partial charge in [-0.3, -0.25) is 19.9 Å². The minimum Gasteiger partial charge on any atom is -0.261 e. The van der Waals surface area contributed by atoms with Crippen molar-refractivity contribution >= 4 is 98.0 Å². The first kappa shape index (κ1) is 62.9. The van der Waals surface area contributed by atoms with Gasteiger partial charge >= 0.3 is 0 Å². The molecule has 0 atom stereocenters. The predicted molar refractivity (Wildman–Crippen MR) is 438 cm³/mol. The van der Waals surface area contributed by atoms with Crippen LogP contribution in [0.15, 0.2) is 353 Å². The van der Waals surface area contributed by atoms with Crippen LogP contribution in [0.3, 0.4) is 0 Å². The van der Waals surface area contributed by atoms with E-state index >= 15 is 0 Å². The fourth-order valence-electron chi connectivity index (χ4n) is 14.4. The molecule has 0 saturated heterocycles. The number of fused-ring (bicyclic) bond motifs is 11. The van der Waals surface area contributed by atoms with Gasteiger partial charge in [0.25, 0.3) is 0 Å². The summed E-state index contributed by atoms with van der Waals surface area (Å²) in [5, 5.41) is 10.9. The third-order valence-corrected chi connectivity index (χ3v) is 20.1. The van der Waals surface area contributed by atoms with E-state index in [-0.39, 0.29) is 0 Å². The van der Waals surface area contributed by atoms with Crippen molar-refractivity contribution in [3.63, 3.8) is 0 Å². The molecule has 0 spiro atoms. The summed E-state index contributed by atoms with van der Waals surface area (Å²) in [4.78, 5) is 58.2. The number of nitrogens with zero attached hydrogens (tertiary/aromatic N) is 12. The fraction of sp³-hybridized carbons (Fsp3) is 0. The fourth-order valence-corrected chi connectivity index (χ4v) is 14.4. The van der Waals surface area contributed by atoms with Gasteiger partial charge in [-0.15, -0.1) is 0 Å². The zero-order valence-electron chi connectivity index (χ0n) is 57.9. The first-order valence-electron chi connectivity index (χ1n) is 35.8. The largest absolute Gasteiger partial charge is 0.261 e. The van der Waals surface area contributed by atoms with Crippen molar-refractivity contribution in [1.82, 2.24) is 59.8 Å². The second kappa shape index (κ2) is 26.7. The summed E-state index contributed by atoms with van der Waals surface area (Å²) in [5.41, 5.74) is 25.6. The molecule has 0 radical (unpaired) electrons. The Morgan fingerprint density at radius 1 is 0.157 bits per heavy atom. The average molecular weight is 1380 g/mol. The molecule has 0 unspecified atom stereocenters. The van der Waals surface area contributed by atoms with Crippen molar-refractivity contribution in [2.24, 2.45) is 0 Å². The summed E-state index contributed by atoms with van der Waals surface area (Å²) >= 11 is 0. The van der Waals surface area contributed by atoms with E-state index in [1.165, 1.54) is 0 Å². The molecule has 10 heterocycles. The van der Waals surface area contributed by atoms with Crippen molar-refractivity contribution in [3.05, 3.63) is 353 Å². The number of aromatic nitrogens is 12. The topological polar surface area (TPSA) is 155 Å². The van der Waals surface area contributed by atoms with Crippen molar-refractivity contribution in [2.45, 2.75) is 0 Å². The molecule has 0 amide bonds. The molecule has 0 N–H and O–H groups in total. The maximum atomic E-state index is 5.19. The molecule has 0 aliphatic rings. The van der Waals surface area contributed by atoms with Gasteiger partial charge in [-0.1, -0.05) is 231 Å². The quantitative estimate of drug-likeness (QED) is 0.120. The summed E-state index contributed by atoms with van der Waals surface area (Å²) in [5.74, 6) is 0.667. The van der Waals surface area contributed by atoms with Gasteiger partial charge in [0.2, 0.25) is 0 Å². The lowest BCUT2D eigenvalue weighted by molar-refractivity contribution is 1.17. The highest BCUT2D eigenvalue weighted by Crippen LogP contribution is 2.37. The highest BCUT2D eigenvalue weighted by atomic mass is 14.9. The van der Waals surface area contributed by atoms with Gasteiger partial charge in [0.05, 0.1) is 95.9 Å². The zero-order valence-corrected chi connectivity index (χ0v) is 57.9. The molecular weight excluding hydrogens is 1320 g/mol.